The highest BCUT2D eigenvalue weighted by Crippen LogP contribution is 2.43. The van der Waals surface area contributed by atoms with Gasteiger partial charge >= 0.3 is 0 Å². The van der Waals surface area contributed by atoms with E-state index in [0.717, 1.165) is 60.3 Å². The maximum absolute atomic E-state index is 13.5. The molecular weight excluding hydrogens is 509 g/mol. The molecule has 1 aliphatic heterocycles. The molecule has 3 aromatic carbocycles. The Balaban J connectivity index is 1.34. The van der Waals surface area contributed by atoms with Crippen molar-refractivity contribution in [1.82, 2.24) is 23.9 Å². The van der Waals surface area contributed by atoms with Crippen molar-refractivity contribution in [1.29, 1.82) is 0 Å². The van der Waals surface area contributed by atoms with Crippen LogP contribution in [-0.2, 0) is 29.9 Å². The number of benzene rings is 3. The van der Waals surface area contributed by atoms with Crippen LogP contribution in [0.5, 0.6) is 0 Å². The van der Waals surface area contributed by atoms with Gasteiger partial charge in [0.05, 0.1) is 28.5 Å². The van der Waals surface area contributed by atoms with Gasteiger partial charge in [-0.2, -0.15) is 10.2 Å². The van der Waals surface area contributed by atoms with Crippen LogP contribution in [0.4, 0.5) is 4.39 Å². The van der Waals surface area contributed by atoms with Gasteiger partial charge in [0.25, 0.3) is 0 Å². The molecule has 6 rings (SSSR count). The summed E-state index contributed by atoms with van der Waals surface area (Å²) in [4.78, 5) is 0.741. The van der Waals surface area contributed by atoms with Crippen LogP contribution in [0, 0.1) is 12.7 Å². The summed E-state index contributed by atoms with van der Waals surface area (Å²) >= 11 is 0. The molecule has 3 heterocycles. The molecule has 0 radical (unpaired) electrons. The van der Waals surface area contributed by atoms with E-state index in [4.69, 9.17) is 0 Å². The van der Waals surface area contributed by atoms with Gasteiger partial charge in [0, 0.05) is 37.1 Å². The zero-order chi connectivity index (χ0) is 27.0. The monoisotopic (exact) mass is 541 g/mol. The van der Waals surface area contributed by atoms with Gasteiger partial charge in [-0.1, -0.05) is 30.3 Å². The fourth-order valence-electron chi connectivity index (χ4n) is 5.99. The van der Waals surface area contributed by atoms with Crippen molar-refractivity contribution < 1.29 is 8.60 Å². The van der Waals surface area contributed by atoms with Gasteiger partial charge in [-0.15, -0.1) is 0 Å². The third-order valence-corrected chi connectivity index (χ3v) is 9.35. The molecule has 2 aromatic heterocycles. The third kappa shape index (κ3) is 5.06. The molecule has 2 atom stereocenters. The fourth-order valence-corrected chi connectivity index (χ4v) is 7.29. The van der Waals surface area contributed by atoms with Gasteiger partial charge in [-0.3, -0.25) is 4.68 Å². The molecule has 0 spiro atoms. The van der Waals surface area contributed by atoms with E-state index in [1.54, 1.807) is 23.0 Å². The quantitative estimate of drug-likeness (QED) is 0.246. The number of hydrogen-bond acceptors (Lipinski definition) is 3. The van der Waals surface area contributed by atoms with Crippen LogP contribution in [0.2, 0.25) is 0 Å². The number of aryl methyl sites for hydroxylation is 3. The van der Waals surface area contributed by atoms with Crippen molar-refractivity contribution in [2.24, 2.45) is 7.05 Å². The Kier molecular flexibility index (Phi) is 6.91. The topological polar surface area (TPSA) is 56.0 Å². The van der Waals surface area contributed by atoms with Crippen LogP contribution < -0.4 is 0 Å². The Morgan fingerprint density at radius 2 is 1.82 bits per heavy atom. The lowest BCUT2D eigenvalue weighted by atomic mass is 9.73. The highest BCUT2D eigenvalue weighted by molar-refractivity contribution is 7.82. The van der Waals surface area contributed by atoms with E-state index >= 15 is 0 Å². The van der Waals surface area contributed by atoms with Crippen LogP contribution >= 0.6 is 0 Å². The summed E-state index contributed by atoms with van der Waals surface area (Å²) in [6.07, 6.45) is 9.42. The molecule has 1 aliphatic rings. The maximum Gasteiger partial charge on any atom is 0.130 e. The van der Waals surface area contributed by atoms with Crippen LogP contribution in [0.1, 0.15) is 36.0 Å². The van der Waals surface area contributed by atoms with Crippen LogP contribution in [0.25, 0.3) is 16.6 Å². The summed E-state index contributed by atoms with van der Waals surface area (Å²) < 4.78 is 32.7. The number of halogens is 1. The minimum atomic E-state index is -1.25. The van der Waals surface area contributed by atoms with Crippen LogP contribution in [0.3, 0.4) is 0 Å². The number of nitrogens with zero attached hydrogens (tertiary/aromatic N) is 5. The first-order chi connectivity index (χ1) is 18.9. The van der Waals surface area contributed by atoms with E-state index in [2.05, 4.69) is 63.9 Å². The van der Waals surface area contributed by atoms with Crippen molar-refractivity contribution >= 4 is 21.9 Å². The summed E-state index contributed by atoms with van der Waals surface area (Å²) in [5.41, 5.74) is 5.54. The molecule has 39 heavy (non-hydrogen) atoms. The van der Waals surface area contributed by atoms with Crippen molar-refractivity contribution in [2.75, 3.05) is 13.1 Å². The standard InChI is InChI=1S/C31H32FN5OS/c1-23-17-30-25(19-34-37(30)27-12-10-26(32)11-13-27)18-29(23)31(14-6-9-24-7-4-3-5-8-24)15-16-36(22-31)39(38)28-20-33-35(2)21-28/h3-5,7-8,10-13,17-21H,6,9,14-16,22H2,1-2H3. The molecule has 0 N–H and O–H groups in total. The van der Waals surface area contributed by atoms with Gasteiger partial charge in [0.15, 0.2) is 0 Å². The lowest BCUT2D eigenvalue weighted by molar-refractivity contribution is 0.392. The Morgan fingerprint density at radius 1 is 1.03 bits per heavy atom. The predicted molar refractivity (Wildman–Crippen MR) is 153 cm³/mol. The molecular formula is C31H32FN5OS. The van der Waals surface area contributed by atoms with E-state index in [1.165, 1.54) is 28.8 Å². The first kappa shape index (κ1) is 25.6. The molecule has 1 fully saturated rings. The SMILES string of the molecule is Cc1cc2c(cnn2-c2ccc(F)cc2)cc1C1(CCCc2ccccc2)CCN(S(=O)c2cnn(C)c2)C1. The zero-order valence-electron chi connectivity index (χ0n) is 22.3. The number of fused-ring (bicyclic) bond motifs is 1. The zero-order valence-corrected chi connectivity index (χ0v) is 23.1. The fraction of sp³-hybridized carbons (Fsp3) is 0.290. The lowest BCUT2D eigenvalue weighted by Gasteiger charge is -2.32. The Hall–Kier alpha value is -3.62. The van der Waals surface area contributed by atoms with E-state index < -0.39 is 11.0 Å². The van der Waals surface area contributed by atoms with Crippen molar-refractivity contribution in [3.05, 3.63) is 108 Å². The molecule has 0 aliphatic carbocycles. The number of aromatic nitrogens is 4. The maximum atomic E-state index is 13.5. The number of rotatable bonds is 8. The van der Waals surface area contributed by atoms with E-state index in [9.17, 15) is 8.60 Å². The minimum Gasteiger partial charge on any atom is -0.275 e. The molecule has 1 saturated heterocycles. The average Bonchev–Trinajstić information content (AvgIpc) is 3.68. The molecule has 200 valence electrons. The molecule has 0 amide bonds. The lowest BCUT2D eigenvalue weighted by Crippen LogP contribution is -2.33. The van der Waals surface area contributed by atoms with Gasteiger partial charge in [0.1, 0.15) is 16.8 Å². The van der Waals surface area contributed by atoms with E-state index in [1.807, 2.05) is 24.1 Å². The van der Waals surface area contributed by atoms with E-state index in [-0.39, 0.29) is 11.2 Å². The largest absolute Gasteiger partial charge is 0.275 e. The Morgan fingerprint density at radius 3 is 2.56 bits per heavy atom. The van der Waals surface area contributed by atoms with Crippen molar-refractivity contribution in [3.63, 3.8) is 0 Å². The van der Waals surface area contributed by atoms with Gasteiger partial charge in [-0.25, -0.2) is 17.6 Å². The van der Waals surface area contributed by atoms with Crippen molar-refractivity contribution in [2.45, 2.75) is 42.9 Å². The summed E-state index contributed by atoms with van der Waals surface area (Å²) in [5, 5.41) is 9.92. The minimum absolute atomic E-state index is 0.122. The highest BCUT2D eigenvalue weighted by atomic mass is 32.2. The first-order valence-corrected chi connectivity index (χ1v) is 14.5. The summed E-state index contributed by atoms with van der Waals surface area (Å²) in [5.74, 6) is -0.263. The van der Waals surface area contributed by atoms with E-state index in [0.29, 0.717) is 0 Å². The molecule has 0 saturated carbocycles. The predicted octanol–water partition coefficient (Wildman–Crippen LogP) is 5.90. The first-order valence-electron chi connectivity index (χ1n) is 13.4. The molecule has 0 bridgehead atoms. The second-order valence-corrected chi connectivity index (χ2v) is 12.1. The second-order valence-electron chi connectivity index (χ2n) is 10.6. The molecule has 6 nitrogen and oxygen atoms in total. The van der Waals surface area contributed by atoms with Crippen LogP contribution in [0.15, 0.2) is 90.2 Å². The van der Waals surface area contributed by atoms with Gasteiger partial charge in [-0.05, 0) is 85.7 Å². The summed E-state index contributed by atoms with van der Waals surface area (Å²) in [7, 11) is 0.597. The average molecular weight is 542 g/mol. The summed E-state index contributed by atoms with van der Waals surface area (Å²) in [6, 6.07) is 21.5. The Bertz CT molecular complexity index is 1630. The molecule has 5 aromatic rings. The molecule has 2 unspecified atom stereocenters. The highest BCUT2D eigenvalue weighted by Gasteiger charge is 2.42. The number of hydrogen-bond donors (Lipinski definition) is 0. The van der Waals surface area contributed by atoms with Crippen LogP contribution in [-0.4, -0.2) is 41.2 Å². The normalized spacial score (nSPS) is 18.6. The third-order valence-electron chi connectivity index (χ3n) is 7.96. The van der Waals surface area contributed by atoms with Gasteiger partial charge in [0.2, 0.25) is 0 Å². The summed E-state index contributed by atoms with van der Waals surface area (Å²) in [6.45, 7) is 3.65. The Labute approximate surface area is 230 Å². The second kappa shape index (κ2) is 10.5. The molecule has 8 heteroatoms. The van der Waals surface area contributed by atoms with Gasteiger partial charge < -0.3 is 0 Å². The van der Waals surface area contributed by atoms with Crippen molar-refractivity contribution in [3.8, 4) is 5.69 Å². The smallest absolute Gasteiger partial charge is 0.130 e.